The van der Waals surface area contributed by atoms with Gasteiger partial charge in [0.15, 0.2) is 0 Å². The molecule has 2 rings (SSSR count). The first-order chi connectivity index (χ1) is 7.81. The van der Waals surface area contributed by atoms with Gasteiger partial charge in [-0.1, -0.05) is 6.07 Å². The van der Waals surface area contributed by atoms with E-state index in [2.05, 4.69) is 15.2 Å². The lowest BCUT2D eigenvalue weighted by Crippen LogP contribution is -2.50. The first kappa shape index (κ1) is 11.0. The maximum absolute atomic E-state index is 11.3. The summed E-state index contributed by atoms with van der Waals surface area (Å²) in [6.07, 6.45) is 3.55. The van der Waals surface area contributed by atoms with Crippen LogP contribution in [0.4, 0.5) is 0 Å². The molecule has 0 spiro atoms. The molecule has 5 nitrogen and oxygen atoms in total. The van der Waals surface area contributed by atoms with Gasteiger partial charge in [-0.05, 0) is 11.6 Å². The van der Waals surface area contributed by atoms with Gasteiger partial charge >= 0.3 is 0 Å². The first-order valence-corrected chi connectivity index (χ1v) is 5.42. The van der Waals surface area contributed by atoms with Gasteiger partial charge in [-0.25, -0.2) is 0 Å². The third-order valence-electron chi connectivity index (χ3n) is 2.80. The molecule has 3 N–H and O–H groups in total. The van der Waals surface area contributed by atoms with Crippen molar-refractivity contribution in [3.63, 3.8) is 0 Å². The second kappa shape index (κ2) is 5.05. The second-order valence-corrected chi connectivity index (χ2v) is 3.86. The normalized spacial score (nSPS) is 19.2. The zero-order valence-electron chi connectivity index (χ0n) is 9.10. The van der Waals surface area contributed by atoms with Gasteiger partial charge in [0.05, 0.1) is 6.54 Å². The number of aromatic nitrogens is 1. The quantitative estimate of drug-likeness (QED) is 0.721. The first-order valence-electron chi connectivity index (χ1n) is 5.42. The molecule has 0 saturated carbocycles. The fourth-order valence-corrected chi connectivity index (χ4v) is 1.99. The van der Waals surface area contributed by atoms with Crippen molar-refractivity contribution in [1.82, 2.24) is 15.2 Å². The number of hydrogen-bond donors (Lipinski definition) is 2. The average Bonchev–Trinajstić information content (AvgIpc) is 2.31. The third-order valence-corrected chi connectivity index (χ3v) is 2.80. The highest BCUT2D eigenvalue weighted by molar-refractivity contribution is 5.78. The van der Waals surface area contributed by atoms with E-state index in [0.29, 0.717) is 19.6 Å². The van der Waals surface area contributed by atoms with Gasteiger partial charge in [0.2, 0.25) is 5.91 Å². The molecular formula is C11H16N4O. The standard InChI is InChI=1S/C11H16N4O/c12-6-10(9-2-1-3-13-7-9)15-5-4-14-11(16)8-15/h1-3,7,10H,4-6,8,12H2,(H,14,16). The van der Waals surface area contributed by atoms with Crippen molar-refractivity contribution in [1.29, 1.82) is 0 Å². The van der Waals surface area contributed by atoms with Crippen molar-refractivity contribution in [3.8, 4) is 0 Å². The number of nitrogens with two attached hydrogens (primary N) is 1. The van der Waals surface area contributed by atoms with Crippen LogP contribution in [0.5, 0.6) is 0 Å². The molecule has 2 heterocycles. The number of nitrogens with one attached hydrogen (secondary N) is 1. The molecule has 1 fully saturated rings. The van der Waals surface area contributed by atoms with E-state index in [9.17, 15) is 4.79 Å². The topological polar surface area (TPSA) is 71.2 Å². The van der Waals surface area contributed by atoms with Gasteiger partial charge in [0.25, 0.3) is 0 Å². The van der Waals surface area contributed by atoms with Gasteiger partial charge in [-0.2, -0.15) is 0 Å². The number of carbonyl (C=O) groups is 1. The number of rotatable bonds is 3. The number of carbonyl (C=O) groups excluding carboxylic acids is 1. The maximum Gasteiger partial charge on any atom is 0.234 e. The number of pyridine rings is 1. The molecule has 1 saturated heterocycles. The van der Waals surface area contributed by atoms with Crippen LogP contribution in [0.2, 0.25) is 0 Å². The molecule has 1 aromatic rings. The predicted molar refractivity (Wildman–Crippen MR) is 60.6 cm³/mol. The molecule has 0 radical (unpaired) electrons. The van der Waals surface area contributed by atoms with Crippen molar-refractivity contribution in [2.45, 2.75) is 6.04 Å². The molecule has 16 heavy (non-hydrogen) atoms. The van der Waals surface area contributed by atoms with Gasteiger partial charge in [0, 0.05) is 38.1 Å². The van der Waals surface area contributed by atoms with Gasteiger partial charge in [-0.15, -0.1) is 0 Å². The van der Waals surface area contributed by atoms with E-state index in [1.54, 1.807) is 6.20 Å². The van der Waals surface area contributed by atoms with Crippen LogP contribution >= 0.6 is 0 Å². The predicted octanol–water partition coefficient (Wildman–Crippen LogP) is -0.487. The summed E-state index contributed by atoms with van der Waals surface area (Å²) in [5.41, 5.74) is 6.85. The minimum atomic E-state index is 0.0635. The van der Waals surface area contributed by atoms with E-state index < -0.39 is 0 Å². The monoisotopic (exact) mass is 220 g/mol. The summed E-state index contributed by atoms with van der Waals surface area (Å²) in [4.78, 5) is 17.5. The third kappa shape index (κ3) is 2.37. The van der Waals surface area contributed by atoms with Crippen molar-refractivity contribution >= 4 is 5.91 Å². The lowest BCUT2D eigenvalue weighted by molar-refractivity contribution is -0.124. The summed E-state index contributed by atoms with van der Waals surface area (Å²) in [5.74, 6) is 0.0635. The molecule has 1 aliphatic rings. The molecule has 1 unspecified atom stereocenters. The minimum Gasteiger partial charge on any atom is -0.354 e. The molecule has 1 aromatic heterocycles. The smallest absolute Gasteiger partial charge is 0.234 e. The highest BCUT2D eigenvalue weighted by Crippen LogP contribution is 2.18. The molecule has 0 bridgehead atoms. The zero-order valence-corrected chi connectivity index (χ0v) is 9.10. The van der Waals surface area contributed by atoms with Crippen LogP contribution in [0.25, 0.3) is 0 Å². The van der Waals surface area contributed by atoms with Crippen LogP contribution in [-0.2, 0) is 4.79 Å². The molecule has 0 aliphatic carbocycles. The summed E-state index contributed by atoms with van der Waals surface area (Å²) < 4.78 is 0. The van der Waals surface area contributed by atoms with E-state index >= 15 is 0 Å². The average molecular weight is 220 g/mol. The lowest BCUT2D eigenvalue weighted by atomic mass is 10.1. The maximum atomic E-state index is 11.3. The van der Waals surface area contributed by atoms with E-state index in [1.807, 2.05) is 18.3 Å². The van der Waals surface area contributed by atoms with Crippen molar-refractivity contribution in [3.05, 3.63) is 30.1 Å². The Labute approximate surface area is 94.6 Å². The van der Waals surface area contributed by atoms with Crippen molar-refractivity contribution in [2.75, 3.05) is 26.2 Å². The molecule has 0 aromatic carbocycles. The largest absolute Gasteiger partial charge is 0.354 e. The number of piperazine rings is 1. The Kier molecular flexibility index (Phi) is 3.48. The van der Waals surface area contributed by atoms with Gasteiger partial charge < -0.3 is 11.1 Å². The fraction of sp³-hybridized carbons (Fsp3) is 0.455. The minimum absolute atomic E-state index is 0.0635. The molecule has 5 heteroatoms. The van der Waals surface area contributed by atoms with E-state index in [4.69, 9.17) is 5.73 Å². The van der Waals surface area contributed by atoms with Crippen LogP contribution in [0, 0.1) is 0 Å². The van der Waals surface area contributed by atoms with E-state index in [0.717, 1.165) is 12.1 Å². The summed E-state index contributed by atoms with van der Waals surface area (Å²) in [6.45, 7) is 2.44. The lowest BCUT2D eigenvalue weighted by Gasteiger charge is -2.33. The Morgan fingerprint density at radius 1 is 1.62 bits per heavy atom. The summed E-state index contributed by atoms with van der Waals surface area (Å²) in [6, 6.07) is 3.97. The summed E-state index contributed by atoms with van der Waals surface area (Å²) in [5, 5.41) is 2.81. The number of nitrogens with zero attached hydrogens (tertiary/aromatic N) is 2. The van der Waals surface area contributed by atoms with Gasteiger partial charge in [-0.3, -0.25) is 14.7 Å². The number of amides is 1. The van der Waals surface area contributed by atoms with Crippen LogP contribution < -0.4 is 11.1 Å². The van der Waals surface area contributed by atoms with Crippen LogP contribution in [0.1, 0.15) is 11.6 Å². The highest BCUT2D eigenvalue weighted by Gasteiger charge is 2.24. The van der Waals surface area contributed by atoms with Gasteiger partial charge in [0.1, 0.15) is 0 Å². The van der Waals surface area contributed by atoms with Crippen molar-refractivity contribution < 1.29 is 4.79 Å². The van der Waals surface area contributed by atoms with Crippen LogP contribution in [0.3, 0.4) is 0 Å². The molecule has 1 aliphatic heterocycles. The second-order valence-electron chi connectivity index (χ2n) is 3.86. The van der Waals surface area contributed by atoms with Crippen LogP contribution in [-0.4, -0.2) is 42.0 Å². The van der Waals surface area contributed by atoms with Crippen LogP contribution in [0.15, 0.2) is 24.5 Å². The molecule has 1 atom stereocenters. The Morgan fingerprint density at radius 2 is 2.50 bits per heavy atom. The molecule has 1 amide bonds. The van der Waals surface area contributed by atoms with Crippen molar-refractivity contribution in [2.24, 2.45) is 5.73 Å². The Morgan fingerprint density at radius 3 is 3.12 bits per heavy atom. The zero-order chi connectivity index (χ0) is 11.4. The van der Waals surface area contributed by atoms with E-state index in [1.165, 1.54) is 0 Å². The Hall–Kier alpha value is -1.46. The Bertz CT molecular complexity index is 354. The fourth-order valence-electron chi connectivity index (χ4n) is 1.99. The highest BCUT2D eigenvalue weighted by atomic mass is 16.2. The SMILES string of the molecule is NCC(c1cccnc1)N1CCNC(=O)C1. The summed E-state index contributed by atoms with van der Waals surface area (Å²) in [7, 11) is 0. The number of hydrogen-bond acceptors (Lipinski definition) is 4. The Balaban J connectivity index is 2.13. The molecule has 86 valence electrons. The van der Waals surface area contributed by atoms with E-state index in [-0.39, 0.29) is 11.9 Å². The molecular weight excluding hydrogens is 204 g/mol. The summed E-state index contributed by atoms with van der Waals surface area (Å²) >= 11 is 0.